The van der Waals surface area contributed by atoms with Crippen molar-refractivity contribution in [2.75, 3.05) is 18.1 Å². The molecule has 0 aliphatic carbocycles. The molecule has 0 radical (unpaired) electrons. The summed E-state index contributed by atoms with van der Waals surface area (Å²) in [6.45, 7) is 10.3. The van der Waals surface area contributed by atoms with Crippen molar-refractivity contribution in [2.24, 2.45) is 23.3 Å². The summed E-state index contributed by atoms with van der Waals surface area (Å²) in [6, 6.07) is 12.2. The third-order valence-electron chi connectivity index (χ3n) is 7.64. The second-order valence-corrected chi connectivity index (χ2v) is 11.9. The lowest BCUT2D eigenvalue weighted by atomic mass is 10.0. The van der Waals surface area contributed by atoms with E-state index in [9.17, 15) is 19.5 Å². The van der Waals surface area contributed by atoms with E-state index in [0.29, 0.717) is 18.0 Å². The first-order valence-electron chi connectivity index (χ1n) is 15.0. The highest BCUT2D eigenvalue weighted by molar-refractivity contribution is 5.96. The molecule has 4 atom stereocenters. The van der Waals surface area contributed by atoms with E-state index in [0.717, 1.165) is 29.3 Å². The summed E-state index contributed by atoms with van der Waals surface area (Å²) in [6.07, 6.45) is 3.09. The Morgan fingerprint density at radius 2 is 1.71 bits per heavy atom. The quantitative estimate of drug-likeness (QED) is 0.266. The second-order valence-electron chi connectivity index (χ2n) is 11.9. The predicted octanol–water partition coefficient (Wildman–Crippen LogP) is 3.45. The summed E-state index contributed by atoms with van der Waals surface area (Å²) in [5.41, 5.74) is 16.7. The highest BCUT2D eigenvalue weighted by atomic mass is 16.3. The zero-order chi connectivity index (χ0) is 31.0. The summed E-state index contributed by atoms with van der Waals surface area (Å²) in [5, 5.41) is 13.7. The number of carbonyl (C=O) groups excluding carboxylic acids is 3. The zero-order valence-corrected chi connectivity index (χ0v) is 25.6. The van der Waals surface area contributed by atoms with Gasteiger partial charge in [-0.1, -0.05) is 70.5 Å². The highest BCUT2D eigenvalue weighted by Gasteiger charge is 2.32. The van der Waals surface area contributed by atoms with Crippen molar-refractivity contribution in [3.8, 4) is 0 Å². The standard InChI is InChI=1S/C32H48N6O4/c1-6-22(4)18-38(35-30(40)17-26(39)15-14-21(2)3)32(42)28(34)16-25-19-36(31(41)23(5)33)20-37(25)29-13-9-11-24-10-7-8-12-27(24)29/h7-13,19,21-23,26,28,39H,6,14-18,20,33-34H2,1-5H3,(H,35,40)/t22?,23-,26-,28-/m0/s1. The molecule has 2 aromatic rings. The molecule has 1 heterocycles. The molecule has 1 aliphatic rings. The normalized spacial score (nSPS) is 16.3. The van der Waals surface area contributed by atoms with Gasteiger partial charge in [-0.25, -0.2) is 0 Å². The van der Waals surface area contributed by atoms with Gasteiger partial charge in [0.15, 0.2) is 0 Å². The Hall–Kier alpha value is -3.47. The molecule has 0 bridgehead atoms. The number of nitrogens with one attached hydrogen (secondary N) is 1. The summed E-state index contributed by atoms with van der Waals surface area (Å²) >= 11 is 0. The lowest BCUT2D eigenvalue weighted by molar-refractivity contribution is -0.144. The van der Waals surface area contributed by atoms with Gasteiger partial charge in [-0.2, -0.15) is 0 Å². The third-order valence-corrected chi connectivity index (χ3v) is 7.64. The molecule has 1 unspecified atom stereocenters. The number of carbonyl (C=O) groups is 3. The number of aliphatic hydroxyl groups excluding tert-OH is 1. The maximum atomic E-state index is 13.7. The van der Waals surface area contributed by atoms with E-state index >= 15 is 0 Å². The first-order valence-corrected chi connectivity index (χ1v) is 15.0. The molecule has 0 fully saturated rings. The van der Waals surface area contributed by atoms with Crippen LogP contribution in [0, 0.1) is 11.8 Å². The van der Waals surface area contributed by atoms with Crippen LogP contribution in [0.3, 0.4) is 0 Å². The van der Waals surface area contributed by atoms with E-state index < -0.39 is 30.0 Å². The number of anilines is 1. The van der Waals surface area contributed by atoms with E-state index in [4.69, 9.17) is 11.5 Å². The molecular weight excluding hydrogens is 532 g/mol. The van der Waals surface area contributed by atoms with Crippen LogP contribution in [0.15, 0.2) is 54.4 Å². The van der Waals surface area contributed by atoms with Gasteiger partial charge in [-0.15, -0.1) is 0 Å². The van der Waals surface area contributed by atoms with Gasteiger partial charge in [-0.05, 0) is 43.1 Å². The van der Waals surface area contributed by atoms with E-state index in [2.05, 4.69) is 19.3 Å². The van der Waals surface area contributed by atoms with Crippen LogP contribution in [0.4, 0.5) is 5.69 Å². The Labute approximate surface area is 249 Å². The summed E-state index contributed by atoms with van der Waals surface area (Å²) in [4.78, 5) is 42.9. The number of rotatable bonds is 13. The van der Waals surface area contributed by atoms with E-state index in [1.54, 1.807) is 18.0 Å². The minimum absolute atomic E-state index is 0.0966. The Bertz CT molecular complexity index is 1260. The highest BCUT2D eigenvalue weighted by Crippen LogP contribution is 2.33. The molecule has 0 spiro atoms. The van der Waals surface area contributed by atoms with Crippen molar-refractivity contribution in [1.29, 1.82) is 0 Å². The number of hydrogen-bond donors (Lipinski definition) is 4. The Morgan fingerprint density at radius 1 is 1.02 bits per heavy atom. The Kier molecular flexibility index (Phi) is 11.9. The molecule has 10 heteroatoms. The molecule has 3 amide bonds. The van der Waals surface area contributed by atoms with E-state index in [1.165, 1.54) is 5.01 Å². The summed E-state index contributed by atoms with van der Waals surface area (Å²) in [7, 11) is 0. The number of hydrogen-bond acceptors (Lipinski definition) is 7. The van der Waals surface area contributed by atoms with Gasteiger partial charge in [0.1, 0.15) is 6.67 Å². The van der Waals surface area contributed by atoms with Crippen LogP contribution in [-0.2, 0) is 14.4 Å². The van der Waals surface area contributed by atoms with E-state index in [1.807, 2.05) is 61.2 Å². The first-order chi connectivity index (χ1) is 19.9. The van der Waals surface area contributed by atoms with Crippen LogP contribution in [0.2, 0.25) is 0 Å². The Balaban J connectivity index is 1.82. The SMILES string of the molecule is CCC(C)CN(NC(=O)C[C@@H](O)CCC(C)C)C(=O)[C@@H](N)CC1=CN(C(=O)[C@H](C)N)CN1c1cccc2ccccc12. The fourth-order valence-electron chi connectivity index (χ4n) is 4.95. The fraction of sp³-hybridized carbons (Fsp3) is 0.531. The van der Waals surface area contributed by atoms with Gasteiger partial charge in [-0.3, -0.25) is 29.7 Å². The summed E-state index contributed by atoms with van der Waals surface area (Å²) < 4.78 is 0. The fourth-order valence-corrected chi connectivity index (χ4v) is 4.95. The van der Waals surface area contributed by atoms with Crippen molar-refractivity contribution in [1.82, 2.24) is 15.3 Å². The average molecular weight is 581 g/mol. The van der Waals surface area contributed by atoms with Crippen LogP contribution in [0.25, 0.3) is 10.8 Å². The predicted molar refractivity (Wildman–Crippen MR) is 166 cm³/mol. The molecule has 0 saturated heterocycles. The average Bonchev–Trinajstić information content (AvgIpc) is 3.37. The van der Waals surface area contributed by atoms with Crippen LogP contribution in [0.1, 0.15) is 66.7 Å². The molecule has 1 aliphatic heterocycles. The number of hydrazine groups is 1. The van der Waals surface area contributed by atoms with E-state index in [-0.39, 0.29) is 37.9 Å². The van der Waals surface area contributed by atoms with Crippen LogP contribution >= 0.6 is 0 Å². The molecule has 42 heavy (non-hydrogen) atoms. The molecule has 3 rings (SSSR count). The first kappa shape index (κ1) is 33.0. The number of nitrogens with zero attached hydrogens (tertiary/aromatic N) is 3. The molecule has 10 nitrogen and oxygen atoms in total. The molecule has 0 aromatic heterocycles. The third kappa shape index (κ3) is 8.77. The zero-order valence-electron chi connectivity index (χ0n) is 25.6. The number of benzene rings is 2. The molecule has 230 valence electrons. The monoisotopic (exact) mass is 580 g/mol. The number of nitrogens with two attached hydrogens (primary N) is 2. The smallest absolute Gasteiger partial charge is 0.258 e. The molecule has 0 saturated carbocycles. The molecule has 2 aromatic carbocycles. The van der Waals surface area contributed by atoms with Gasteiger partial charge in [0.2, 0.25) is 11.8 Å². The van der Waals surface area contributed by atoms with Gasteiger partial charge < -0.3 is 21.5 Å². The van der Waals surface area contributed by atoms with Crippen molar-refractivity contribution in [3.05, 3.63) is 54.4 Å². The molecule has 6 N–H and O–H groups in total. The second kappa shape index (κ2) is 15.1. The van der Waals surface area contributed by atoms with Crippen LogP contribution in [0.5, 0.6) is 0 Å². The lowest BCUT2D eigenvalue weighted by Crippen LogP contribution is -2.54. The topological polar surface area (TPSA) is 145 Å². The Morgan fingerprint density at radius 3 is 2.38 bits per heavy atom. The van der Waals surface area contributed by atoms with Gasteiger partial charge in [0, 0.05) is 30.2 Å². The number of amides is 3. The van der Waals surface area contributed by atoms with Crippen LogP contribution < -0.4 is 21.8 Å². The van der Waals surface area contributed by atoms with Crippen molar-refractivity contribution >= 4 is 34.2 Å². The van der Waals surface area contributed by atoms with Crippen LogP contribution in [-0.4, -0.2) is 64.1 Å². The van der Waals surface area contributed by atoms with Crippen molar-refractivity contribution < 1.29 is 19.5 Å². The minimum atomic E-state index is -0.991. The van der Waals surface area contributed by atoms with Crippen molar-refractivity contribution in [2.45, 2.75) is 84.9 Å². The largest absolute Gasteiger partial charge is 0.393 e. The van der Waals surface area contributed by atoms with Crippen molar-refractivity contribution in [3.63, 3.8) is 0 Å². The van der Waals surface area contributed by atoms with Gasteiger partial charge >= 0.3 is 0 Å². The van der Waals surface area contributed by atoms with Gasteiger partial charge in [0.05, 0.1) is 30.3 Å². The minimum Gasteiger partial charge on any atom is -0.393 e. The maximum absolute atomic E-state index is 13.7. The maximum Gasteiger partial charge on any atom is 0.258 e. The van der Waals surface area contributed by atoms with Gasteiger partial charge in [0.25, 0.3) is 5.91 Å². The molecular formula is C32H48N6O4. The summed E-state index contributed by atoms with van der Waals surface area (Å²) in [5.74, 6) is -0.569. The lowest BCUT2D eigenvalue weighted by Gasteiger charge is -2.30. The number of fused-ring (bicyclic) bond motifs is 1. The number of aliphatic hydroxyl groups is 1.